The monoisotopic (exact) mass is 330 g/mol. The number of halogens is 3. The Kier molecular flexibility index (Phi) is 5.85. The van der Waals surface area contributed by atoms with Crippen LogP contribution in [-0.2, 0) is 11.0 Å². The van der Waals surface area contributed by atoms with Crippen molar-refractivity contribution in [3.63, 3.8) is 0 Å². The summed E-state index contributed by atoms with van der Waals surface area (Å²) in [6.45, 7) is 9.03. The molecule has 0 aliphatic carbocycles. The van der Waals surface area contributed by atoms with Crippen LogP contribution in [0.5, 0.6) is 0 Å². The van der Waals surface area contributed by atoms with Gasteiger partial charge in [0.25, 0.3) is 0 Å². The van der Waals surface area contributed by atoms with Crippen molar-refractivity contribution >= 4 is 5.91 Å². The summed E-state index contributed by atoms with van der Waals surface area (Å²) in [6.07, 6.45) is -4.42. The number of carbonyl (C=O) groups excluding carboxylic acids is 1. The molecule has 0 fully saturated rings. The van der Waals surface area contributed by atoms with Crippen molar-refractivity contribution in [2.24, 2.45) is 17.1 Å². The van der Waals surface area contributed by atoms with Gasteiger partial charge in [-0.2, -0.15) is 13.2 Å². The van der Waals surface area contributed by atoms with Gasteiger partial charge in [-0.15, -0.1) is 0 Å². The number of nitrogens with two attached hydrogens (primary N) is 1. The van der Waals surface area contributed by atoms with Crippen LogP contribution in [-0.4, -0.2) is 11.9 Å². The minimum absolute atomic E-state index is 0.266. The standard InChI is InChI=1S/C17H25F3N2O/c1-10(11(2)21)15(23)22-14(16(3,4)5)12-7-6-8-13(9-12)17(18,19)20/h6-11,14H,21H2,1-5H3,(H,22,23). The zero-order valence-electron chi connectivity index (χ0n) is 14.2. The zero-order chi connectivity index (χ0) is 18.0. The Morgan fingerprint density at radius 3 is 2.17 bits per heavy atom. The molecule has 3 nitrogen and oxygen atoms in total. The Balaban J connectivity index is 3.17. The first kappa shape index (κ1) is 19.5. The second-order valence-electron chi connectivity index (χ2n) is 7.08. The first-order valence-electron chi connectivity index (χ1n) is 7.57. The minimum Gasteiger partial charge on any atom is -0.348 e. The highest BCUT2D eigenvalue weighted by Gasteiger charge is 2.34. The molecule has 1 aromatic carbocycles. The van der Waals surface area contributed by atoms with Crippen molar-refractivity contribution < 1.29 is 18.0 Å². The Hall–Kier alpha value is -1.56. The predicted octanol–water partition coefficient (Wildman–Crippen LogP) is 3.89. The molecule has 1 aromatic rings. The number of hydrogen-bond donors (Lipinski definition) is 2. The third-order valence-electron chi connectivity index (χ3n) is 3.90. The maximum absolute atomic E-state index is 12.9. The number of amides is 1. The van der Waals surface area contributed by atoms with E-state index in [4.69, 9.17) is 5.73 Å². The zero-order valence-corrected chi connectivity index (χ0v) is 14.2. The molecule has 0 heterocycles. The second kappa shape index (κ2) is 6.91. The number of nitrogens with one attached hydrogen (secondary N) is 1. The van der Waals surface area contributed by atoms with E-state index >= 15 is 0 Å². The van der Waals surface area contributed by atoms with Gasteiger partial charge in [0.05, 0.1) is 11.6 Å². The Bertz CT molecular complexity index is 548. The van der Waals surface area contributed by atoms with E-state index in [1.54, 1.807) is 19.9 Å². The van der Waals surface area contributed by atoms with Gasteiger partial charge in [0, 0.05) is 12.0 Å². The van der Waals surface area contributed by atoms with Gasteiger partial charge in [-0.05, 0) is 30.0 Å². The Morgan fingerprint density at radius 1 is 1.17 bits per heavy atom. The van der Waals surface area contributed by atoms with Gasteiger partial charge < -0.3 is 11.1 Å². The smallest absolute Gasteiger partial charge is 0.348 e. The van der Waals surface area contributed by atoms with E-state index < -0.39 is 29.1 Å². The molecule has 130 valence electrons. The summed E-state index contributed by atoms with van der Waals surface area (Å²) >= 11 is 0. The van der Waals surface area contributed by atoms with Gasteiger partial charge in [0.15, 0.2) is 0 Å². The van der Waals surface area contributed by atoms with Crippen LogP contribution in [0, 0.1) is 11.3 Å². The summed E-state index contributed by atoms with van der Waals surface area (Å²) in [5, 5.41) is 2.85. The summed E-state index contributed by atoms with van der Waals surface area (Å²) in [4.78, 5) is 12.3. The van der Waals surface area contributed by atoms with E-state index in [0.717, 1.165) is 12.1 Å². The molecule has 1 rings (SSSR count). The molecule has 23 heavy (non-hydrogen) atoms. The van der Waals surface area contributed by atoms with Crippen LogP contribution in [0.3, 0.4) is 0 Å². The average Bonchev–Trinajstić information content (AvgIpc) is 2.41. The lowest BCUT2D eigenvalue weighted by Crippen LogP contribution is -2.43. The van der Waals surface area contributed by atoms with E-state index in [0.29, 0.717) is 5.56 Å². The van der Waals surface area contributed by atoms with Crippen LogP contribution in [0.25, 0.3) is 0 Å². The highest BCUT2D eigenvalue weighted by molar-refractivity contribution is 5.79. The third-order valence-corrected chi connectivity index (χ3v) is 3.90. The largest absolute Gasteiger partial charge is 0.416 e. The van der Waals surface area contributed by atoms with E-state index in [-0.39, 0.29) is 11.9 Å². The van der Waals surface area contributed by atoms with Gasteiger partial charge in [-0.25, -0.2) is 0 Å². The van der Waals surface area contributed by atoms with Crippen molar-refractivity contribution in [1.82, 2.24) is 5.32 Å². The van der Waals surface area contributed by atoms with Gasteiger partial charge in [0.2, 0.25) is 5.91 Å². The lowest BCUT2D eigenvalue weighted by Gasteiger charge is -2.33. The number of hydrogen-bond acceptors (Lipinski definition) is 2. The maximum atomic E-state index is 12.9. The van der Waals surface area contributed by atoms with Crippen LogP contribution in [0.2, 0.25) is 0 Å². The molecule has 0 aliphatic rings. The topological polar surface area (TPSA) is 55.1 Å². The van der Waals surface area contributed by atoms with Gasteiger partial charge in [-0.1, -0.05) is 39.8 Å². The fourth-order valence-electron chi connectivity index (χ4n) is 2.21. The molecule has 1 amide bonds. The molecular formula is C17H25F3N2O. The summed E-state index contributed by atoms with van der Waals surface area (Å²) in [6, 6.07) is 4.19. The number of carbonyl (C=O) groups is 1. The number of rotatable bonds is 4. The summed E-state index contributed by atoms with van der Waals surface area (Å²) in [5.41, 5.74) is 4.99. The van der Waals surface area contributed by atoms with Crippen molar-refractivity contribution in [3.8, 4) is 0 Å². The molecule has 0 bridgehead atoms. The van der Waals surface area contributed by atoms with Crippen molar-refractivity contribution in [2.75, 3.05) is 0 Å². The molecule has 6 heteroatoms. The molecular weight excluding hydrogens is 305 g/mol. The van der Waals surface area contributed by atoms with Crippen LogP contribution in [0.1, 0.15) is 51.8 Å². The van der Waals surface area contributed by atoms with Crippen LogP contribution >= 0.6 is 0 Å². The van der Waals surface area contributed by atoms with E-state index in [9.17, 15) is 18.0 Å². The number of benzene rings is 1. The van der Waals surface area contributed by atoms with Crippen LogP contribution in [0.4, 0.5) is 13.2 Å². The predicted molar refractivity (Wildman–Crippen MR) is 84.6 cm³/mol. The van der Waals surface area contributed by atoms with E-state index in [2.05, 4.69) is 5.32 Å². The molecule has 0 aromatic heterocycles. The Labute approximate surface area is 135 Å². The average molecular weight is 330 g/mol. The lowest BCUT2D eigenvalue weighted by molar-refractivity contribution is -0.137. The van der Waals surface area contributed by atoms with Crippen LogP contribution < -0.4 is 11.1 Å². The minimum atomic E-state index is -4.42. The molecule has 3 atom stereocenters. The summed E-state index contributed by atoms with van der Waals surface area (Å²) in [5.74, 6) is -0.692. The number of alkyl halides is 3. The quantitative estimate of drug-likeness (QED) is 0.880. The van der Waals surface area contributed by atoms with E-state index in [1.165, 1.54) is 6.07 Å². The normalized spacial score (nSPS) is 16.6. The summed E-state index contributed by atoms with van der Waals surface area (Å²) < 4.78 is 38.8. The molecule has 0 radical (unpaired) electrons. The summed E-state index contributed by atoms with van der Waals surface area (Å²) in [7, 11) is 0. The molecule has 0 saturated carbocycles. The van der Waals surface area contributed by atoms with Gasteiger partial charge >= 0.3 is 6.18 Å². The molecule has 3 unspecified atom stereocenters. The van der Waals surface area contributed by atoms with Crippen LogP contribution in [0.15, 0.2) is 24.3 Å². The Morgan fingerprint density at radius 2 is 1.74 bits per heavy atom. The van der Waals surface area contributed by atoms with Crippen molar-refractivity contribution in [2.45, 2.75) is 52.9 Å². The fraction of sp³-hybridized carbons (Fsp3) is 0.588. The maximum Gasteiger partial charge on any atom is 0.416 e. The SMILES string of the molecule is CC(N)C(C)C(=O)NC(c1cccc(C(F)(F)F)c1)C(C)(C)C. The fourth-order valence-corrected chi connectivity index (χ4v) is 2.21. The van der Waals surface area contributed by atoms with Gasteiger partial charge in [-0.3, -0.25) is 4.79 Å². The van der Waals surface area contributed by atoms with Gasteiger partial charge in [0.1, 0.15) is 0 Å². The van der Waals surface area contributed by atoms with E-state index in [1.807, 2.05) is 20.8 Å². The first-order valence-corrected chi connectivity index (χ1v) is 7.57. The lowest BCUT2D eigenvalue weighted by atomic mass is 9.81. The second-order valence-corrected chi connectivity index (χ2v) is 7.08. The first-order chi connectivity index (χ1) is 10.3. The molecule has 0 saturated heterocycles. The van der Waals surface area contributed by atoms with Crippen molar-refractivity contribution in [1.29, 1.82) is 0 Å². The molecule has 0 spiro atoms. The highest BCUT2D eigenvalue weighted by Crippen LogP contribution is 2.36. The highest BCUT2D eigenvalue weighted by atomic mass is 19.4. The third kappa shape index (κ3) is 5.23. The van der Waals surface area contributed by atoms with Crippen molar-refractivity contribution in [3.05, 3.63) is 35.4 Å². The molecule has 3 N–H and O–H groups in total. The molecule has 0 aliphatic heterocycles.